The predicted molar refractivity (Wildman–Crippen MR) is 71.6 cm³/mol. The molecule has 0 saturated carbocycles. The van der Waals surface area contributed by atoms with Crippen LogP contribution in [0.2, 0.25) is 0 Å². The summed E-state index contributed by atoms with van der Waals surface area (Å²) in [4.78, 5) is -1.08. The summed E-state index contributed by atoms with van der Waals surface area (Å²) in [5.74, 6) is -3.95. The molecule has 1 aromatic carbocycles. The van der Waals surface area contributed by atoms with Gasteiger partial charge in [0.15, 0.2) is 4.90 Å². The van der Waals surface area contributed by atoms with E-state index in [9.17, 15) is 21.6 Å². The maximum Gasteiger partial charge on any atom is 0.249 e. The van der Waals surface area contributed by atoms with E-state index in [1.165, 1.54) is 0 Å². The van der Waals surface area contributed by atoms with Crippen molar-refractivity contribution in [1.82, 2.24) is 4.31 Å². The normalized spacial score (nSPS) is 21.1. The molecular formula is C12H13BrF3NO2S. The van der Waals surface area contributed by atoms with Crippen LogP contribution < -0.4 is 0 Å². The van der Waals surface area contributed by atoms with Crippen LogP contribution in [0.3, 0.4) is 0 Å². The van der Waals surface area contributed by atoms with Crippen LogP contribution >= 0.6 is 15.9 Å². The van der Waals surface area contributed by atoms with Crippen LogP contribution in [0, 0.1) is 17.5 Å². The lowest BCUT2D eigenvalue weighted by Crippen LogP contribution is -2.45. The molecule has 0 radical (unpaired) electrons. The molecule has 1 aliphatic heterocycles. The van der Waals surface area contributed by atoms with E-state index in [4.69, 9.17) is 0 Å². The number of nitrogens with zero attached hydrogens (tertiary/aromatic N) is 1. The second-order valence-electron chi connectivity index (χ2n) is 4.62. The zero-order valence-electron chi connectivity index (χ0n) is 10.5. The maximum absolute atomic E-state index is 13.7. The highest BCUT2D eigenvalue weighted by atomic mass is 79.9. The molecule has 1 aromatic rings. The molecular weight excluding hydrogens is 359 g/mol. The van der Waals surface area contributed by atoms with Crippen LogP contribution in [0.15, 0.2) is 17.0 Å². The number of halogens is 4. The number of alkyl halides is 1. The molecule has 0 spiro atoms. The van der Waals surface area contributed by atoms with Crippen molar-refractivity contribution >= 4 is 26.0 Å². The van der Waals surface area contributed by atoms with Gasteiger partial charge in [0.25, 0.3) is 0 Å². The lowest BCUT2D eigenvalue weighted by atomic mass is 10.1. The zero-order chi connectivity index (χ0) is 14.9. The van der Waals surface area contributed by atoms with Gasteiger partial charge >= 0.3 is 0 Å². The smallest absolute Gasteiger partial charge is 0.207 e. The van der Waals surface area contributed by atoms with Crippen molar-refractivity contribution in [2.45, 2.75) is 30.2 Å². The molecule has 1 unspecified atom stereocenters. The first-order valence-electron chi connectivity index (χ1n) is 6.10. The molecule has 1 aliphatic rings. The lowest BCUT2D eigenvalue weighted by molar-refractivity contribution is 0.271. The average molecular weight is 372 g/mol. The Bertz CT molecular complexity index is 586. The molecule has 20 heavy (non-hydrogen) atoms. The molecule has 0 aromatic heterocycles. The second kappa shape index (κ2) is 6.03. The third kappa shape index (κ3) is 2.87. The number of sulfonamides is 1. The molecule has 1 saturated heterocycles. The van der Waals surface area contributed by atoms with Gasteiger partial charge in [-0.05, 0) is 12.8 Å². The minimum atomic E-state index is -4.31. The Labute approximate surface area is 123 Å². The van der Waals surface area contributed by atoms with Crippen molar-refractivity contribution < 1.29 is 21.6 Å². The molecule has 0 N–H and O–H groups in total. The first-order chi connectivity index (χ1) is 9.37. The summed E-state index contributed by atoms with van der Waals surface area (Å²) < 4.78 is 66.2. The molecule has 3 nitrogen and oxygen atoms in total. The van der Waals surface area contributed by atoms with E-state index < -0.39 is 32.4 Å². The van der Waals surface area contributed by atoms with Gasteiger partial charge in [-0.25, -0.2) is 21.6 Å². The Morgan fingerprint density at radius 1 is 1.20 bits per heavy atom. The molecule has 2 rings (SSSR count). The first-order valence-corrected chi connectivity index (χ1v) is 8.66. The third-order valence-corrected chi connectivity index (χ3v) is 6.03. The van der Waals surface area contributed by atoms with E-state index in [2.05, 4.69) is 15.9 Å². The van der Waals surface area contributed by atoms with Gasteiger partial charge in [-0.15, -0.1) is 0 Å². The number of piperidine rings is 1. The van der Waals surface area contributed by atoms with Crippen molar-refractivity contribution in [3.63, 3.8) is 0 Å². The Morgan fingerprint density at radius 3 is 2.35 bits per heavy atom. The van der Waals surface area contributed by atoms with Crippen LogP contribution in [0.5, 0.6) is 0 Å². The molecule has 0 amide bonds. The van der Waals surface area contributed by atoms with Crippen molar-refractivity contribution in [1.29, 1.82) is 0 Å². The fourth-order valence-electron chi connectivity index (χ4n) is 2.34. The Hall–Kier alpha value is -0.600. The van der Waals surface area contributed by atoms with Crippen molar-refractivity contribution in [3.05, 3.63) is 29.6 Å². The van der Waals surface area contributed by atoms with Crippen molar-refractivity contribution in [2.75, 3.05) is 11.9 Å². The van der Waals surface area contributed by atoms with Gasteiger partial charge in [-0.3, -0.25) is 0 Å². The summed E-state index contributed by atoms with van der Waals surface area (Å²) in [5.41, 5.74) is 0. The number of hydrogen-bond acceptors (Lipinski definition) is 2. The quantitative estimate of drug-likeness (QED) is 0.765. The predicted octanol–water partition coefficient (Wildman–Crippen LogP) is 3.04. The first kappa shape index (κ1) is 15.8. The number of benzene rings is 1. The number of rotatable bonds is 3. The van der Waals surface area contributed by atoms with Crippen molar-refractivity contribution in [2.24, 2.45) is 0 Å². The molecule has 0 aliphatic carbocycles. The molecule has 1 heterocycles. The third-order valence-electron chi connectivity index (χ3n) is 3.28. The Morgan fingerprint density at radius 2 is 1.80 bits per heavy atom. The fraction of sp³-hybridized carbons (Fsp3) is 0.500. The number of hydrogen-bond donors (Lipinski definition) is 0. The molecule has 112 valence electrons. The minimum Gasteiger partial charge on any atom is -0.207 e. The van der Waals surface area contributed by atoms with Gasteiger partial charge in [0.2, 0.25) is 10.0 Å². The van der Waals surface area contributed by atoms with Crippen LogP contribution in [0.1, 0.15) is 19.3 Å². The Balaban J connectivity index is 2.49. The summed E-state index contributed by atoms with van der Waals surface area (Å²) >= 11 is 3.21. The summed E-state index contributed by atoms with van der Waals surface area (Å²) in [7, 11) is -4.31. The van der Waals surface area contributed by atoms with Crippen LogP contribution in [-0.4, -0.2) is 30.6 Å². The topological polar surface area (TPSA) is 37.4 Å². The van der Waals surface area contributed by atoms with Crippen LogP contribution in [0.25, 0.3) is 0 Å². The van der Waals surface area contributed by atoms with E-state index in [0.717, 1.165) is 10.7 Å². The monoisotopic (exact) mass is 371 g/mol. The van der Waals surface area contributed by atoms with Gasteiger partial charge in [-0.2, -0.15) is 4.31 Å². The van der Waals surface area contributed by atoms with Gasteiger partial charge in [0.05, 0.1) is 0 Å². The summed E-state index contributed by atoms with van der Waals surface area (Å²) in [6.45, 7) is 0.203. The van der Waals surface area contributed by atoms with Crippen LogP contribution in [0.4, 0.5) is 13.2 Å². The average Bonchev–Trinajstić information content (AvgIpc) is 2.37. The van der Waals surface area contributed by atoms with Crippen LogP contribution in [-0.2, 0) is 10.0 Å². The SMILES string of the molecule is O=S(=O)(c1c(F)cc(F)cc1F)N1CCCCC1CBr. The van der Waals surface area contributed by atoms with E-state index in [1.54, 1.807) is 0 Å². The van der Waals surface area contributed by atoms with Gasteiger partial charge in [0.1, 0.15) is 17.5 Å². The minimum absolute atomic E-state index is 0.203. The molecule has 1 fully saturated rings. The molecule has 1 atom stereocenters. The second-order valence-corrected chi connectivity index (χ2v) is 7.09. The molecule has 0 bridgehead atoms. The Kier molecular flexibility index (Phi) is 4.76. The van der Waals surface area contributed by atoms with Crippen molar-refractivity contribution in [3.8, 4) is 0 Å². The maximum atomic E-state index is 13.7. The van der Waals surface area contributed by atoms with E-state index in [0.29, 0.717) is 30.3 Å². The van der Waals surface area contributed by atoms with E-state index in [1.807, 2.05) is 0 Å². The largest absolute Gasteiger partial charge is 0.249 e. The highest BCUT2D eigenvalue weighted by Crippen LogP contribution is 2.29. The van der Waals surface area contributed by atoms with Gasteiger partial charge in [0, 0.05) is 30.0 Å². The highest BCUT2D eigenvalue weighted by Gasteiger charge is 2.36. The summed E-state index contributed by atoms with van der Waals surface area (Å²) in [6.07, 6.45) is 2.11. The van der Waals surface area contributed by atoms with Gasteiger partial charge < -0.3 is 0 Å². The summed E-state index contributed by atoms with van der Waals surface area (Å²) in [6, 6.07) is 0.407. The molecule has 8 heteroatoms. The highest BCUT2D eigenvalue weighted by molar-refractivity contribution is 9.09. The van der Waals surface area contributed by atoms with E-state index in [-0.39, 0.29) is 12.6 Å². The standard InChI is InChI=1S/C12H13BrF3NO2S/c13-7-9-3-1-2-4-17(9)20(18,19)12-10(15)5-8(14)6-11(12)16/h5-6,9H,1-4,7H2. The van der Waals surface area contributed by atoms with E-state index >= 15 is 0 Å². The lowest BCUT2D eigenvalue weighted by Gasteiger charge is -2.33. The zero-order valence-corrected chi connectivity index (χ0v) is 12.9. The summed E-state index contributed by atoms with van der Waals surface area (Å²) in [5, 5.41) is 0.386. The van der Waals surface area contributed by atoms with Gasteiger partial charge in [-0.1, -0.05) is 22.4 Å². The fourth-order valence-corrected chi connectivity index (χ4v) is 4.99.